The van der Waals surface area contributed by atoms with E-state index in [1.54, 1.807) is 30.3 Å². The number of carbonyl (C=O) groups excluding carboxylic acids is 1. The van der Waals surface area contributed by atoms with Gasteiger partial charge in [0.25, 0.3) is 5.91 Å². The van der Waals surface area contributed by atoms with Crippen LogP contribution in [0.1, 0.15) is 9.67 Å². The maximum atomic E-state index is 12.9. The normalized spacial score (nSPS) is 11.2. The molecule has 5 aromatic rings. The number of fused-ring (bicyclic) bond motifs is 2. The predicted octanol–water partition coefficient (Wildman–Crippen LogP) is 8.92. The van der Waals surface area contributed by atoms with E-state index in [-0.39, 0.29) is 5.11 Å². The second kappa shape index (κ2) is 9.59. The van der Waals surface area contributed by atoms with Crippen molar-refractivity contribution in [2.45, 2.75) is 0 Å². The Labute approximate surface area is 227 Å². The Morgan fingerprint density at radius 3 is 2.50 bits per heavy atom. The van der Waals surface area contributed by atoms with Crippen molar-refractivity contribution >= 4 is 118 Å². The lowest BCUT2D eigenvalue weighted by atomic mass is 10.2. The molecule has 4 nitrogen and oxygen atoms in total. The summed E-state index contributed by atoms with van der Waals surface area (Å²) in [6, 6.07) is 16.4. The number of thiazole rings is 1. The number of thiocarbonyl (C=S) groups is 1. The van der Waals surface area contributed by atoms with Crippen molar-refractivity contribution in [3.63, 3.8) is 0 Å². The van der Waals surface area contributed by atoms with Gasteiger partial charge < -0.3 is 5.32 Å². The molecule has 1 amide bonds. The molecule has 0 aliphatic rings. The van der Waals surface area contributed by atoms with E-state index in [1.165, 1.54) is 22.7 Å². The van der Waals surface area contributed by atoms with E-state index in [0.29, 0.717) is 41.2 Å². The zero-order valence-electron chi connectivity index (χ0n) is 16.8. The first-order valence-corrected chi connectivity index (χ1v) is 13.2. The lowest BCUT2D eigenvalue weighted by molar-refractivity contribution is 0.0982. The van der Waals surface area contributed by atoms with Crippen LogP contribution in [0, 0.1) is 0 Å². The van der Waals surface area contributed by atoms with Crippen molar-refractivity contribution in [3.8, 4) is 10.6 Å². The third-order valence-corrected chi connectivity index (χ3v) is 8.52. The number of amides is 1. The van der Waals surface area contributed by atoms with Gasteiger partial charge in [0.05, 0.1) is 25.9 Å². The van der Waals surface area contributed by atoms with E-state index in [4.69, 9.17) is 58.6 Å². The van der Waals surface area contributed by atoms with Gasteiger partial charge in [-0.15, -0.1) is 22.7 Å². The SMILES string of the molecule is O=C(NC(=S)Nc1c(Cl)cc(Cl)cc1-c1nc2ccccc2s1)c1sc2cc(Cl)ccc2c1Cl. The van der Waals surface area contributed by atoms with E-state index >= 15 is 0 Å². The molecule has 11 heteroatoms. The van der Waals surface area contributed by atoms with E-state index < -0.39 is 5.91 Å². The molecule has 0 aliphatic heterocycles. The Kier molecular flexibility index (Phi) is 6.70. The standard InChI is InChI=1S/C23H11Cl4N3OS3/c24-10-5-6-12-17(9-10)33-20(18(12)27)21(31)30-23(32)29-19-13(7-11(25)8-14(19)26)22-28-15-3-1-2-4-16(15)34-22/h1-9H,(H2,29,30,31,32). The van der Waals surface area contributed by atoms with Crippen molar-refractivity contribution in [1.29, 1.82) is 0 Å². The van der Waals surface area contributed by atoms with E-state index in [9.17, 15) is 4.79 Å². The second-order valence-electron chi connectivity index (χ2n) is 7.09. The zero-order valence-corrected chi connectivity index (χ0v) is 22.3. The molecular weight excluding hydrogens is 572 g/mol. The fourth-order valence-electron chi connectivity index (χ4n) is 3.35. The number of hydrogen-bond donors (Lipinski definition) is 2. The predicted molar refractivity (Wildman–Crippen MR) is 151 cm³/mol. The molecule has 2 N–H and O–H groups in total. The molecule has 2 heterocycles. The number of halogens is 4. The molecule has 3 aromatic carbocycles. The number of rotatable bonds is 3. The average molecular weight is 583 g/mol. The third kappa shape index (κ3) is 4.62. The van der Waals surface area contributed by atoms with Crippen LogP contribution < -0.4 is 10.6 Å². The number of thiophene rings is 1. The zero-order chi connectivity index (χ0) is 24.0. The summed E-state index contributed by atoms with van der Waals surface area (Å²) in [5.41, 5.74) is 2.02. The van der Waals surface area contributed by atoms with Gasteiger partial charge in [-0.25, -0.2) is 4.98 Å². The minimum absolute atomic E-state index is 0.0585. The molecule has 170 valence electrons. The first kappa shape index (κ1) is 23.8. The second-order valence-corrected chi connectivity index (χ2v) is 11.2. The van der Waals surface area contributed by atoms with Crippen molar-refractivity contribution in [3.05, 3.63) is 79.6 Å². The third-order valence-electron chi connectivity index (χ3n) is 4.84. The summed E-state index contributed by atoms with van der Waals surface area (Å²) in [5, 5.41) is 8.93. The fraction of sp³-hybridized carbons (Fsp3) is 0. The molecule has 0 fully saturated rings. The Morgan fingerprint density at radius 1 is 0.912 bits per heavy atom. The first-order valence-electron chi connectivity index (χ1n) is 9.65. The van der Waals surface area contributed by atoms with Crippen LogP contribution in [0.15, 0.2) is 54.6 Å². The van der Waals surface area contributed by atoms with Crippen LogP contribution in [-0.2, 0) is 0 Å². The summed E-state index contributed by atoms with van der Waals surface area (Å²) in [4.78, 5) is 17.9. The van der Waals surface area contributed by atoms with Crippen molar-refractivity contribution < 1.29 is 4.79 Å². The van der Waals surface area contributed by atoms with Crippen LogP contribution in [0.3, 0.4) is 0 Å². The topological polar surface area (TPSA) is 54.0 Å². The number of nitrogens with zero attached hydrogens (tertiary/aromatic N) is 1. The molecule has 0 aliphatic carbocycles. The van der Waals surface area contributed by atoms with Crippen LogP contribution in [0.2, 0.25) is 20.1 Å². The largest absolute Gasteiger partial charge is 0.331 e. The number of aromatic nitrogens is 1. The number of carbonyl (C=O) groups is 1. The van der Waals surface area contributed by atoms with Crippen molar-refractivity contribution in [2.24, 2.45) is 0 Å². The lowest BCUT2D eigenvalue weighted by Gasteiger charge is -2.14. The minimum atomic E-state index is -0.438. The highest BCUT2D eigenvalue weighted by atomic mass is 35.5. The summed E-state index contributed by atoms with van der Waals surface area (Å²) in [6.07, 6.45) is 0. The fourth-order valence-corrected chi connectivity index (χ4v) is 6.76. The maximum Gasteiger partial charge on any atom is 0.269 e. The van der Waals surface area contributed by atoms with Gasteiger partial charge in [-0.2, -0.15) is 0 Å². The number of anilines is 1. The number of para-hydroxylation sites is 1. The van der Waals surface area contributed by atoms with Crippen LogP contribution in [-0.4, -0.2) is 16.0 Å². The molecular formula is C23H11Cl4N3OS3. The molecule has 2 aromatic heterocycles. The molecule has 34 heavy (non-hydrogen) atoms. The molecule has 0 saturated heterocycles. The van der Waals surface area contributed by atoms with Crippen LogP contribution in [0.5, 0.6) is 0 Å². The number of nitrogens with one attached hydrogen (secondary N) is 2. The quantitative estimate of drug-likeness (QED) is 0.208. The highest BCUT2D eigenvalue weighted by Gasteiger charge is 2.20. The van der Waals surface area contributed by atoms with Gasteiger partial charge in [0.2, 0.25) is 0 Å². The van der Waals surface area contributed by atoms with E-state index in [1.807, 2.05) is 24.3 Å². The summed E-state index contributed by atoms with van der Waals surface area (Å²) < 4.78 is 1.83. The minimum Gasteiger partial charge on any atom is -0.331 e. The molecule has 0 bridgehead atoms. The van der Waals surface area contributed by atoms with Crippen LogP contribution in [0.25, 0.3) is 30.9 Å². The Morgan fingerprint density at radius 2 is 1.71 bits per heavy atom. The van der Waals surface area contributed by atoms with Gasteiger partial charge in [0.1, 0.15) is 9.88 Å². The highest BCUT2D eigenvalue weighted by molar-refractivity contribution is 7.80. The van der Waals surface area contributed by atoms with Crippen molar-refractivity contribution in [2.75, 3.05) is 5.32 Å². The number of hydrogen-bond acceptors (Lipinski definition) is 5. The van der Waals surface area contributed by atoms with E-state index in [2.05, 4.69) is 15.6 Å². The van der Waals surface area contributed by atoms with Gasteiger partial charge in [-0.3, -0.25) is 10.1 Å². The van der Waals surface area contributed by atoms with Gasteiger partial charge in [0.15, 0.2) is 5.11 Å². The Bertz CT molecular complexity index is 1580. The highest BCUT2D eigenvalue weighted by Crippen LogP contribution is 2.40. The van der Waals surface area contributed by atoms with Crippen LogP contribution in [0.4, 0.5) is 5.69 Å². The molecule has 0 atom stereocenters. The molecule has 0 spiro atoms. The lowest BCUT2D eigenvalue weighted by Crippen LogP contribution is -2.34. The van der Waals surface area contributed by atoms with Gasteiger partial charge in [0, 0.05) is 25.7 Å². The molecule has 0 saturated carbocycles. The Balaban J connectivity index is 1.44. The summed E-state index contributed by atoms with van der Waals surface area (Å²) in [7, 11) is 0. The molecule has 5 rings (SSSR count). The summed E-state index contributed by atoms with van der Waals surface area (Å²) in [6.45, 7) is 0. The maximum absolute atomic E-state index is 12.9. The van der Waals surface area contributed by atoms with Crippen LogP contribution >= 0.6 is 81.3 Å². The van der Waals surface area contributed by atoms with Crippen molar-refractivity contribution in [1.82, 2.24) is 10.3 Å². The monoisotopic (exact) mass is 581 g/mol. The van der Waals surface area contributed by atoms with Gasteiger partial charge in [-0.05, 0) is 48.6 Å². The van der Waals surface area contributed by atoms with Gasteiger partial charge in [-0.1, -0.05) is 64.6 Å². The summed E-state index contributed by atoms with van der Waals surface area (Å²) in [5.74, 6) is -0.438. The average Bonchev–Trinajstić information content (AvgIpc) is 3.36. The summed E-state index contributed by atoms with van der Waals surface area (Å²) >= 11 is 33.4. The molecule has 0 radical (unpaired) electrons. The first-order chi connectivity index (χ1) is 16.3. The number of benzene rings is 3. The van der Waals surface area contributed by atoms with E-state index in [0.717, 1.165) is 20.3 Å². The Hall–Kier alpha value is -1.97. The van der Waals surface area contributed by atoms with Gasteiger partial charge >= 0.3 is 0 Å². The smallest absolute Gasteiger partial charge is 0.269 e. The molecule has 0 unspecified atom stereocenters.